The number of ether oxygens (including phenoxy) is 1. The van der Waals surface area contributed by atoms with Crippen LogP contribution in [-0.4, -0.2) is 29.9 Å². The molecule has 0 bridgehead atoms. The van der Waals surface area contributed by atoms with Crippen molar-refractivity contribution in [2.24, 2.45) is 0 Å². The van der Waals surface area contributed by atoms with E-state index >= 15 is 0 Å². The topological polar surface area (TPSA) is 42.4 Å². The Labute approximate surface area is 138 Å². The average Bonchev–Trinajstić information content (AvgIpc) is 2.51. The van der Waals surface area contributed by atoms with Crippen LogP contribution in [0.25, 0.3) is 6.08 Å². The standard InChI is InChI=1S/C18H21NO2.ClH/c1-15(14-21-10-9-20)11-16-4-6-17(7-5-16)12-18-3-2-8-19-13-18;/h2-8,11,13,20H,9-10,12,14H2,1H3;1H/b15-11+;. The first-order valence-electron chi connectivity index (χ1n) is 7.11. The van der Waals surface area contributed by atoms with Crippen molar-refractivity contribution < 1.29 is 9.84 Å². The number of hydrogen-bond acceptors (Lipinski definition) is 3. The van der Waals surface area contributed by atoms with Crippen LogP contribution in [0.5, 0.6) is 0 Å². The fraction of sp³-hybridized carbons (Fsp3) is 0.278. The van der Waals surface area contributed by atoms with E-state index in [1.807, 2.05) is 19.2 Å². The summed E-state index contributed by atoms with van der Waals surface area (Å²) in [5.74, 6) is 0. The quantitative estimate of drug-likeness (QED) is 0.794. The molecule has 0 unspecified atom stereocenters. The normalized spacial score (nSPS) is 11.1. The zero-order chi connectivity index (χ0) is 14.9. The molecule has 2 rings (SSSR count). The molecule has 0 atom stereocenters. The smallest absolute Gasteiger partial charge is 0.0702 e. The fourth-order valence-electron chi connectivity index (χ4n) is 2.09. The van der Waals surface area contributed by atoms with Gasteiger partial charge >= 0.3 is 0 Å². The highest BCUT2D eigenvalue weighted by Crippen LogP contribution is 2.12. The maximum atomic E-state index is 8.67. The van der Waals surface area contributed by atoms with Gasteiger partial charge in [-0.2, -0.15) is 0 Å². The van der Waals surface area contributed by atoms with E-state index in [4.69, 9.17) is 9.84 Å². The third-order valence-electron chi connectivity index (χ3n) is 3.09. The van der Waals surface area contributed by atoms with Crippen LogP contribution in [0.1, 0.15) is 23.6 Å². The Morgan fingerprint density at radius 3 is 2.59 bits per heavy atom. The van der Waals surface area contributed by atoms with Gasteiger partial charge in [0.1, 0.15) is 0 Å². The Bertz CT molecular complexity index is 567. The van der Waals surface area contributed by atoms with E-state index in [-0.39, 0.29) is 19.0 Å². The number of rotatable bonds is 7. The van der Waals surface area contributed by atoms with Gasteiger partial charge in [0.2, 0.25) is 0 Å². The lowest BCUT2D eigenvalue weighted by Gasteiger charge is -2.04. The molecule has 0 aliphatic carbocycles. The second kappa shape index (κ2) is 10.1. The van der Waals surface area contributed by atoms with Gasteiger partial charge in [-0.05, 0) is 41.7 Å². The van der Waals surface area contributed by atoms with Crippen LogP contribution >= 0.6 is 12.4 Å². The van der Waals surface area contributed by atoms with Gasteiger partial charge in [0.25, 0.3) is 0 Å². The SMILES string of the molecule is C/C(=C\c1ccc(Cc2cccnc2)cc1)COCCO.Cl. The van der Waals surface area contributed by atoms with E-state index in [0.29, 0.717) is 13.2 Å². The number of aliphatic hydroxyl groups excluding tert-OH is 1. The third-order valence-corrected chi connectivity index (χ3v) is 3.09. The van der Waals surface area contributed by atoms with Crippen LogP contribution in [0, 0.1) is 0 Å². The summed E-state index contributed by atoms with van der Waals surface area (Å²) in [6.45, 7) is 3.03. The molecule has 118 valence electrons. The summed E-state index contributed by atoms with van der Waals surface area (Å²) in [5.41, 5.74) is 4.79. The molecular weight excluding hydrogens is 298 g/mol. The molecule has 2 aromatic rings. The van der Waals surface area contributed by atoms with Gasteiger partial charge in [-0.25, -0.2) is 0 Å². The van der Waals surface area contributed by atoms with Crippen molar-refractivity contribution in [3.63, 3.8) is 0 Å². The summed E-state index contributed by atoms with van der Waals surface area (Å²) in [6, 6.07) is 12.6. The highest BCUT2D eigenvalue weighted by molar-refractivity contribution is 5.85. The van der Waals surface area contributed by atoms with Crippen molar-refractivity contribution in [1.29, 1.82) is 0 Å². The summed E-state index contributed by atoms with van der Waals surface area (Å²) in [5, 5.41) is 8.67. The molecule has 0 fully saturated rings. The molecule has 1 aromatic carbocycles. The van der Waals surface area contributed by atoms with Crippen LogP contribution in [0.4, 0.5) is 0 Å². The number of nitrogens with zero attached hydrogens (tertiary/aromatic N) is 1. The highest BCUT2D eigenvalue weighted by Gasteiger charge is 1.97. The zero-order valence-electron chi connectivity index (χ0n) is 12.7. The number of pyridine rings is 1. The van der Waals surface area contributed by atoms with Crippen molar-refractivity contribution in [3.8, 4) is 0 Å². The summed E-state index contributed by atoms with van der Waals surface area (Å²) >= 11 is 0. The van der Waals surface area contributed by atoms with Gasteiger partial charge in [-0.3, -0.25) is 4.98 Å². The Morgan fingerprint density at radius 2 is 1.95 bits per heavy atom. The van der Waals surface area contributed by atoms with E-state index in [0.717, 1.165) is 17.6 Å². The van der Waals surface area contributed by atoms with Crippen molar-refractivity contribution >= 4 is 18.5 Å². The lowest BCUT2D eigenvalue weighted by atomic mass is 10.0. The Morgan fingerprint density at radius 1 is 1.18 bits per heavy atom. The molecule has 0 saturated carbocycles. The molecule has 0 aliphatic heterocycles. The Balaban J connectivity index is 0.00000242. The first-order valence-corrected chi connectivity index (χ1v) is 7.11. The van der Waals surface area contributed by atoms with Gasteiger partial charge < -0.3 is 9.84 Å². The van der Waals surface area contributed by atoms with Crippen molar-refractivity contribution in [2.45, 2.75) is 13.3 Å². The summed E-state index contributed by atoms with van der Waals surface area (Å²) in [6.07, 6.45) is 6.69. The first-order chi connectivity index (χ1) is 10.3. The molecule has 1 N–H and O–H groups in total. The predicted molar refractivity (Wildman–Crippen MR) is 92.3 cm³/mol. The third kappa shape index (κ3) is 6.39. The van der Waals surface area contributed by atoms with E-state index in [2.05, 4.69) is 41.4 Å². The van der Waals surface area contributed by atoms with Gasteiger partial charge in [0, 0.05) is 12.4 Å². The number of aliphatic hydroxyl groups is 1. The highest BCUT2D eigenvalue weighted by atomic mass is 35.5. The molecule has 0 spiro atoms. The Kier molecular flexibility index (Phi) is 8.44. The van der Waals surface area contributed by atoms with E-state index in [1.165, 1.54) is 11.1 Å². The maximum absolute atomic E-state index is 8.67. The molecule has 0 aliphatic rings. The van der Waals surface area contributed by atoms with Gasteiger partial charge in [0.15, 0.2) is 0 Å². The van der Waals surface area contributed by atoms with Gasteiger partial charge in [-0.1, -0.05) is 36.4 Å². The van der Waals surface area contributed by atoms with Gasteiger partial charge in [0.05, 0.1) is 19.8 Å². The second-order valence-corrected chi connectivity index (χ2v) is 5.05. The van der Waals surface area contributed by atoms with Crippen LogP contribution in [0.15, 0.2) is 54.4 Å². The molecule has 4 heteroatoms. The Hall–Kier alpha value is -1.68. The summed E-state index contributed by atoms with van der Waals surface area (Å²) < 4.78 is 5.29. The van der Waals surface area contributed by atoms with Crippen LogP contribution in [0.2, 0.25) is 0 Å². The summed E-state index contributed by atoms with van der Waals surface area (Å²) in [7, 11) is 0. The van der Waals surface area contributed by atoms with E-state index in [9.17, 15) is 0 Å². The van der Waals surface area contributed by atoms with Crippen LogP contribution < -0.4 is 0 Å². The molecule has 1 aromatic heterocycles. The van der Waals surface area contributed by atoms with Gasteiger partial charge in [-0.15, -0.1) is 12.4 Å². The predicted octanol–water partition coefficient (Wildman–Crippen LogP) is 3.51. The zero-order valence-corrected chi connectivity index (χ0v) is 13.6. The lowest BCUT2D eigenvalue weighted by Crippen LogP contribution is -2.01. The molecule has 0 amide bonds. The lowest BCUT2D eigenvalue weighted by molar-refractivity contribution is 0.108. The summed E-state index contributed by atoms with van der Waals surface area (Å²) in [4.78, 5) is 4.13. The monoisotopic (exact) mass is 319 g/mol. The van der Waals surface area contributed by atoms with Crippen molar-refractivity contribution in [3.05, 3.63) is 71.1 Å². The number of halogens is 1. The average molecular weight is 320 g/mol. The number of aromatic nitrogens is 1. The second-order valence-electron chi connectivity index (χ2n) is 5.05. The first kappa shape index (κ1) is 18.4. The minimum Gasteiger partial charge on any atom is -0.394 e. The molecule has 1 heterocycles. The molecule has 0 radical (unpaired) electrons. The number of benzene rings is 1. The van der Waals surface area contributed by atoms with Crippen molar-refractivity contribution in [2.75, 3.05) is 19.8 Å². The maximum Gasteiger partial charge on any atom is 0.0702 e. The number of hydrogen-bond donors (Lipinski definition) is 1. The van der Waals surface area contributed by atoms with E-state index < -0.39 is 0 Å². The minimum absolute atomic E-state index is 0. The largest absolute Gasteiger partial charge is 0.394 e. The molecular formula is C18H22ClNO2. The minimum atomic E-state index is 0. The van der Waals surface area contributed by atoms with Crippen LogP contribution in [0.3, 0.4) is 0 Å². The van der Waals surface area contributed by atoms with Crippen molar-refractivity contribution in [1.82, 2.24) is 4.98 Å². The molecule has 3 nitrogen and oxygen atoms in total. The van der Waals surface area contributed by atoms with E-state index in [1.54, 1.807) is 6.20 Å². The fourth-order valence-corrected chi connectivity index (χ4v) is 2.09. The molecule has 22 heavy (non-hydrogen) atoms. The van der Waals surface area contributed by atoms with Crippen LogP contribution in [-0.2, 0) is 11.2 Å². The molecule has 0 saturated heterocycles.